The van der Waals surface area contributed by atoms with Crippen molar-refractivity contribution in [3.05, 3.63) is 0 Å². The largest absolute Gasteiger partial charge is 0.352 e. The number of hydrogen-bond donors (Lipinski definition) is 3. The molecular weight excluding hydrogens is 214 g/mol. The first-order valence-electron chi connectivity index (χ1n) is 6.84. The molecule has 102 valence electrons. The van der Waals surface area contributed by atoms with Crippen LogP contribution in [0.1, 0.15) is 58.8 Å². The fourth-order valence-electron chi connectivity index (χ4n) is 2.02. The Morgan fingerprint density at radius 3 is 2.35 bits per heavy atom. The van der Waals surface area contributed by atoms with E-state index in [4.69, 9.17) is 11.5 Å². The summed E-state index contributed by atoms with van der Waals surface area (Å²) in [6.45, 7) is 4.32. The van der Waals surface area contributed by atoms with Crippen molar-refractivity contribution in [2.75, 3.05) is 6.54 Å². The lowest BCUT2D eigenvalue weighted by Crippen LogP contribution is -2.47. The first-order valence-corrected chi connectivity index (χ1v) is 6.84. The molecule has 0 aromatic carbocycles. The van der Waals surface area contributed by atoms with Crippen LogP contribution >= 0.6 is 0 Å². The second-order valence-electron chi connectivity index (χ2n) is 4.75. The maximum Gasteiger partial charge on any atom is 0.217 e. The van der Waals surface area contributed by atoms with Crippen LogP contribution in [0.15, 0.2) is 0 Å². The molecule has 0 fully saturated rings. The molecule has 0 radical (unpaired) electrons. The van der Waals surface area contributed by atoms with Crippen LogP contribution in [0.25, 0.3) is 0 Å². The van der Waals surface area contributed by atoms with Crippen LogP contribution in [0.2, 0.25) is 0 Å². The van der Waals surface area contributed by atoms with Crippen LogP contribution in [0.5, 0.6) is 0 Å². The summed E-state index contributed by atoms with van der Waals surface area (Å²) in [6, 6.07) is 0.0627. The van der Waals surface area contributed by atoms with Gasteiger partial charge >= 0.3 is 0 Å². The van der Waals surface area contributed by atoms with Crippen molar-refractivity contribution < 1.29 is 4.79 Å². The normalized spacial score (nSPS) is 14.4. The van der Waals surface area contributed by atoms with Gasteiger partial charge in [-0.25, -0.2) is 0 Å². The van der Waals surface area contributed by atoms with E-state index in [1.54, 1.807) is 6.92 Å². The SMILES string of the molecule is CCCCCCCC(NC(C)=O)C(N)CCN. The van der Waals surface area contributed by atoms with Gasteiger partial charge in [-0.1, -0.05) is 39.0 Å². The zero-order valence-electron chi connectivity index (χ0n) is 11.4. The van der Waals surface area contributed by atoms with Gasteiger partial charge in [0, 0.05) is 19.0 Å². The Morgan fingerprint density at radius 2 is 1.82 bits per heavy atom. The Labute approximate surface area is 106 Å². The molecule has 17 heavy (non-hydrogen) atoms. The minimum Gasteiger partial charge on any atom is -0.352 e. The molecule has 0 saturated carbocycles. The molecule has 0 bridgehead atoms. The van der Waals surface area contributed by atoms with Crippen LogP contribution in [-0.4, -0.2) is 24.5 Å². The smallest absolute Gasteiger partial charge is 0.217 e. The molecule has 4 heteroatoms. The summed E-state index contributed by atoms with van der Waals surface area (Å²) >= 11 is 0. The van der Waals surface area contributed by atoms with E-state index in [9.17, 15) is 4.79 Å². The minimum absolute atomic E-state index is 0.00368. The summed E-state index contributed by atoms with van der Waals surface area (Å²) in [4.78, 5) is 11.1. The third kappa shape index (κ3) is 9.12. The second kappa shape index (κ2) is 10.5. The molecule has 2 atom stereocenters. The van der Waals surface area contributed by atoms with Crippen molar-refractivity contribution in [2.24, 2.45) is 11.5 Å². The average Bonchev–Trinajstić information content (AvgIpc) is 2.27. The summed E-state index contributed by atoms with van der Waals surface area (Å²) in [5.41, 5.74) is 11.5. The summed E-state index contributed by atoms with van der Waals surface area (Å²) in [7, 11) is 0. The number of nitrogens with one attached hydrogen (secondary N) is 1. The Morgan fingerprint density at radius 1 is 1.18 bits per heavy atom. The topological polar surface area (TPSA) is 81.1 Å². The van der Waals surface area contributed by atoms with Crippen molar-refractivity contribution >= 4 is 5.91 Å². The highest BCUT2D eigenvalue weighted by Gasteiger charge is 2.17. The summed E-state index contributed by atoms with van der Waals surface area (Å²) in [5, 5.41) is 2.94. The number of amides is 1. The predicted octanol–water partition coefficient (Wildman–Crippen LogP) is 1.53. The van der Waals surface area contributed by atoms with E-state index in [2.05, 4.69) is 12.2 Å². The predicted molar refractivity (Wildman–Crippen MR) is 72.6 cm³/mol. The number of carbonyl (C=O) groups excluding carboxylic acids is 1. The van der Waals surface area contributed by atoms with Gasteiger partial charge in [-0.3, -0.25) is 4.79 Å². The highest BCUT2D eigenvalue weighted by atomic mass is 16.1. The highest BCUT2D eigenvalue weighted by molar-refractivity contribution is 5.73. The van der Waals surface area contributed by atoms with E-state index < -0.39 is 0 Å². The molecule has 5 N–H and O–H groups in total. The standard InChI is InChI=1S/C13H29N3O/c1-3-4-5-6-7-8-13(16-11(2)17)12(15)9-10-14/h12-13H,3-10,14-15H2,1-2H3,(H,16,17). The zero-order chi connectivity index (χ0) is 13.1. The summed E-state index contributed by atoms with van der Waals surface area (Å²) < 4.78 is 0. The van der Waals surface area contributed by atoms with Crippen LogP contribution in [-0.2, 0) is 4.79 Å². The second-order valence-corrected chi connectivity index (χ2v) is 4.75. The van der Waals surface area contributed by atoms with E-state index in [0.717, 1.165) is 19.3 Å². The van der Waals surface area contributed by atoms with Crippen molar-refractivity contribution in [1.82, 2.24) is 5.32 Å². The van der Waals surface area contributed by atoms with E-state index in [1.165, 1.54) is 25.7 Å². The fraction of sp³-hybridized carbons (Fsp3) is 0.923. The molecule has 0 aliphatic heterocycles. The van der Waals surface area contributed by atoms with Gasteiger partial charge in [-0.05, 0) is 19.4 Å². The zero-order valence-corrected chi connectivity index (χ0v) is 11.4. The Balaban J connectivity index is 3.88. The Kier molecular flexibility index (Phi) is 10.2. The monoisotopic (exact) mass is 243 g/mol. The van der Waals surface area contributed by atoms with Crippen molar-refractivity contribution in [3.63, 3.8) is 0 Å². The van der Waals surface area contributed by atoms with Crippen LogP contribution < -0.4 is 16.8 Å². The third-order valence-corrected chi connectivity index (χ3v) is 3.02. The van der Waals surface area contributed by atoms with Crippen molar-refractivity contribution in [3.8, 4) is 0 Å². The third-order valence-electron chi connectivity index (χ3n) is 3.02. The lowest BCUT2D eigenvalue weighted by Gasteiger charge is -2.24. The molecule has 0 saturated heterocycles. The van der Waals surface area contributed by atoms with Gasteiger partial charge in [0.05, 0.1) is 0 Å². The van der Waals surface area contributed by atoms with Crippen LogP contribution in [0.3, 0.4) is 0 Å². The number of hydrogen-bond acceptors (Lipinski definition) is 3. The number of unbranched alkanes of at least 4 members (excludes halogenated alkanes) is 4. The van der Waals surface area contributed by atoms with E-state index >= 15 is 0 Å². The van der Waals surface area contributed by atoms with Crippen LogP contribution in [0.4, 0.5) is 0 Å². The number of rotatable bonds is 10. The molecule has 2 unspecified atom stereocenters. The molecule has 0 spiro atoms. The van der Waals surface area contributed by atoms with Gasteiger partial charge in [0.2, 0.25) is 5.91 Å². The van der Waals surface area contributed by atoms with E-state index in [0.29, 0.717) is 6.54 Å². The number of nitrogens with two attached hydrogens (primary N) is 2. The minimum atomic E-state index is -0.0184. The highest BCUT2D eigenvalue weighted by Crippen LogP contribution is 2.10. The summed E-state index contributed by atoms with van der Waals surface area (Å²) in [6.07, 6.45) is 7.89. The van der Waals surface area contributed by atoms with Crippen LogP contribution in [0, 0.1) is 0 Å². The number of carbonyl (C=O) groups is 1. The fourth-order valence-corrected chi connectivity index (χ4v) is 2.02. The maximum absolute atomic E-state index is 11.1. The van der Waals surface area contributed by atoms with Gasteiger partial charge < -0.3 is 16.8 Å². The molecule has 0 heterocycles. The Hall–Kier alpha value is -0.610. The first kappa shape index (κ1) is 16.4. The van der Waals surface area contributed by atoms with Gasteiger partial charge in [-0.2, -0.15) is 0 Å². The molecular formula is C13H29N3O. The molecule has 0 aromatic rings. The lowest BCUT2D eigenvalue weighted by molar-refractivity contribution is -0.119. The quantitative estimate of drug-likeness (QED) is 0.509. The summed E-state index contributed by atoms with van der Waals surface area (Å²) in [5.74, 6) is -0.00368. The van der Waals surface area contributed by atoms with Crippen molar-refractivity contribution in [2.45, 2.75) is 70.9 Å². The molecule has 1 amide bonds. The lowest BCUT2D eigenvalue weighted by atomic mass is 9.98. The van der Waals surface area contributed by atoms with E-state index in [-0.39, 0.29) is 18.0 Å². The van der Waals surface area contributed by atoms with E-state index in [1.807, 2.05) is 0 Å². The first-order chi connectivity index (χ1) is 8.11. The maximum atomic E-state index is 11.1. The Bertz CT molecular complexity index is 197. The molecule has 0 rings (SSSR count). The molecule has 4 nitrogen and oxygen atoms in total. The van der Waals surface area contributed by atoms with Gasteiger partial charge in [0.25, 0.3) is 0 Å². The van der Waals surface area contributed by atoms with Gasteiger partial charge in [0.15, 0.2) is 0 Å². The van der Waals surface area contributed by atoms with Crippen molar-refractivity contribution in [1.29, 1.82) is 0 Å². The van der Waals surface area contributed by atoms with Gasteiger partial charge in [-0.15, -0.1) is 0 Å². The molecule has 0 aliphatic carbocycles. The van der Waals surface area contributed by atoms with Gasteiger partial charge in [0.1, 0.15) is 0 Å². The molecule has 0 aliphatic rings. The molecule has 0 aromatic heterocycles. The average molecular weight is 243 g/mol.